The number of hydrogen-bond donors (Lipinski definition) is 1. The van der Waals surface area contributed by atoms with Crippen LogP contribution in [0.1, 0.15) is 23.1 Å². The summed E-state index contributed by atoms with van der Waals surface area (Å²) in [5.41, 5.74) is 3.22. The van der Waals surface area contributed by atoms with Crippen LogP contribution in [-0.4, -0.2) is 28.2 Å². The SMILES string of the molecule is Cc1ccc(CN2C[C@@H](C(=O)Nc3cc([N+](=O)[O-])ccc3C)CC2=O)cc1. The van der Waals surface area contributed by atoms with Crippen molar-refractivity contribution in [1.29, 1.82) is 0 Å². The number of carbonyl (C=O) groups excluding carboxylic acids is 2. The minimum atomic E-state index is -0.502. The number of nitrogens with zero attached hydrogens (tertiary/aromatic N) is 2. The van der Waals surface area contributed by atoms with Crippen molar-refractivity contribution < 1.29 is 14.5 Å². The first-order chi connectivity index (χ1) is 12.8. The Labute approximate surface area is 157 Å². The first kappa shape index (κ1) is 18.6. The van der Waals surface area contributed by atoms with Crippen molar-refractivity contribution >= 4 is 23.2 Å². The molecule has 27 heavy (non-hydrogen) atoms. The molecule has 2 amide bonds. The van der Waals surface area contributed by atoms with E-state index in [0.717, 1.165) is 16.7 Å². The summed E-state index contributed by atoms with van der Waals surface area (Å²) in [5.74, 6) is -0.827. The molecule has 0 unspecified atom stereocenters. The summed E-state index contributed by atoms with van der Waals surface area (Å²) in [5, 5.41) is 13.7. The smallest absolute Gasteiger partial charge is 0.271 e. The lowest BCUT2D eigenvalue weighted by atomic mass is 10.1. The fourth-order valence-electron chi connectivity index (χ4n) is 3.11. The molecule has 0 saturated carbocycles. The van der Waals surface area contributed by atoms with E-state index >= 15 is 0 Å². The summed E-state index contributed by atoms with van der Waals surface area (Å²) in [6.45, 7) is 4.58. The fourth-order valence-corrected chi connectivity index (χ4v) is 3.11. The number of hydrogen-bond acceptors (Lipinski definition) is 4. The van der Waals surface area contributed by atoms with Crippen LogP contribution in [0.25, 0.3) is 0 Å². The van der Waals surface area contributed by atoms with Crippen LogP contribution >= 0.6 is 0 Å². The molecule has 2 aromatic carbocycles. The average molecular weight is 367 g/mol. The van der Waals surface area contributed by atoms with Crippen LogP contribution in [0.4, 0.5) is 11.4 Å². The third-order valence-corrected chi connectivity index (χ3v) is 4.77. The molecule has 1 heterocycles. The average Bonchev–Trinajstić information content (AvgIpc) is 2.99. The molecule has 1 fully saturated rings. The maximum atomic E-state index is 12.6. The number of anilines is 1. The molecule has 1 saturated heterocycles. The summed E-state index contributed by atoms with van der Waals surface area (Å²) >= 11 is 0. The molecule has 0 bridgehead atoms. The quantitative estimate of drug-likeness (QED) is 0.649. The van der Waals surface area contributed by atoms with Gasteiger partial charge in [0, 0.05) is 31.6 Å². The molecule has 0 aromatic heterocycles. The Morgan fingerprint density at radius 2 is 1.93 bits per heavy atom. The van der Waals surface area contributed by atoms with Crippen molar-refractivity contribution in [2.75, 3.05) is 11.9 Å². The van der Waals surface area contributed by atoms with Gasteiger partial charge in [-0.1, -0.05) is 35.9 Å². The monoisotopic (exact) mass is 367 g/mol. The number of likely N-dealkylation sites (tertiary alicyclic amines) is 1. The fraction of sp³-hybridized carbons (Fsp3) is 0.300. The van der Waals surface area contributed by atoms with Crippen LogP contribution in [0.2, 0.25) is 0 Å². The summed E-state index contributed by atoms with van der Waals surface area (Å²) in [4.78, 5) is 37.0. The lowest BCUT2D eigenvalue weighted by Gasteiger charge is -2.17. The Kier molecular flexibility index (Phi) is 5.21. The third-order valence-electron chi connectivity index (χ3n) is 4.77. The maximum Gasteiger partial charge on any atom is 0.271 e. The van der Waals surface area contributed by atoms with Gasteiger partial charge < -0.3 is 10.2 Å². The van der Waals surface area contributed by atoms with Gasteiger partial charge in [-0.2, -0.15) is 0 Å². The van der Waals surface area contributed by atoms with Crippen LogP contribution in [0.15, 0.2) is 42.5 Å². The van der Waals surface area contributed by atoms with Gasteiger partial charge in [0.2, 0.25) is 11.8 Å². The number of benzene rings is 2. The molecule has 0 spiro atoms. The summed E-state index contributed by atoms with van der Waals surface area (Å²) in [6.07, 6.45) is 0.145. The number of nitro benzene ring substituents is 1. The largest absolute Gasteiger partial charge is 0.338 e. The van der Waals surface area contributed by atoms with Crippen LogP contribution in [0.5, 0.6) is 0 Å². The maximum absolute atomic E-state index is 12.6. The highest BCUT2D eigenvalue weighted by molar-refractivity contribution is 5.97. The van der Waals surface area contributed by atoms with Crippen molar-refractivity contribution in [3.8, 4) is 0 Å². The van der Waals surface area contributed by atoms with Gasteiger partial charge in [-0.3, -0.25) is 19.7 Å². The Bertz CT molecular complexity index is 893. The van der Waals surface area contributed by atoms with Crippen LogP contribution < -0.4 is 5.32 Å². The highest BCUT2D eigenvalue weighted by atomic mass is 16.6. The van der Waals surface area contributed by atoms with E-state index in [1.54, 1.807) is 17.9 Å². The van der Waals surface area contributed by atoms with E-state index in [2.05, 4.69) is 5.32 Å². The minimum Gasteiger partial charge on any atom is -0.338 e. The van der Waals surface area contributed by atoms with Crippen molar-refractivity contribution in [2.45, 2.75) is 26.8 Å². The van der Waals surface area contributed by atoms with Gasteiger partial charge in [0.05, 0.1) is 16.5 Å². The van der Waals surface area contributed by atoms with Gasteiger partial charge in [0.25, 0.3) is 5.69 Å². The second-order valence-corrected chi connectivity index (χ2v) is 6.91. The Hall–Kier alpha value is -3.22. The Morgan fingerprint density at radius 3 is 2.59 bits per heavy atom. The van der Waals surface area contributed by atoms with Gasteiger partial charge in [0.15, 0.2) is 0 Å². The van der Waals surface area contributed by atoms with Crippen LogP contribution in [0.3, 0.4) is 0 Å². The summed E-state index contributed by atoms with van der Waals surface area (Å²) in [7, 11) is 0. The standard InChI is InChI=1S/C20H21N3O4/c1-13-3-6-15(7-4-13)11-22-12-16(9-19(22)24)20(25)21-18-10-17(23(26)27)8-5-14(18)2/h3-8,10,16H,9,11-12H2,1-2H3,(H,21,25)/t16-/m0/s1. The predicted octanol–water partition coefficient (Wildman–Crippen LogP) is 3.20. The van der Waals surface area contributed by atoms with E-state index in [1.807, 2.05) is 31.2 Å². The topological polar surface area (TPSA) is 92.6 Å². The molecule has 0 aliphatic carbocycles. The number of non-ortho nitro benzene ring substituents is 1. The van der Waals surface area contributed by atoms with Gasteiger partial charge >= 0.3 is 0 Å². The van der Waals surface area contributed by atoms with Crippen molar-refractivity contribution in [2.24, 2.45) is 5.92 Å². The first-order valence-electron chi connectivity index (χ1n) is 8.72. The van der Waals surface area contributed by atoms with Crippen LogP contribution in [-0.2, 0) is 16.1 Å². The van der Waals surface area contributed by atoms with Gasteiger partial charge in [0.1, 0.15) is 0 Å². The molecule has 1 aliphatic heterocycles. The van der Waals surface area contributed by atoms with E-state index < -0.39 is 10.8 Å². The summed E-state index contributed by atoms with van der Waals surface area (Å²) < 4.78 is 0. The van der Waals surface area contributed by atoms with Gasteiger partial charge in [-0.05, 0) is 25.0 Å². The number of rotatable bonds is 5. The minimum absolute atomic E-state index is 0.0634. The molecule has 3 rings (SSSR count). The van der Waals surface area contributed by atoms with E-state index in [9.17, 15) is 19.7 Å². The zero-order valence-corrected chi connectivity index (χ0v) is 15.3. The number of aryl methyl sites for hydroxylation is 2. The second kappa shape index (κ2) is 7.57. The molecule has 0 radical (unpaired) electrons. The Balaban J connectivity index is 1.66. The number of nitrogens with one attached hydrogen (secondary N) is 1. The zero-order valence-electron chi connectivity index (χ0n) is 15.3. The van der Waals surface area contributed by atoms with E-state index in [-0.39, 0.29) is 23.9 Å². The third kappa shape index (κ3) is 4.31. The van der Waals surface area contributed by atoms with Crippen molar-refractivity contribution in [3.05, 3.63) is 69.3 Å². The van der Waals surface area contributed by atoms with Gasteiger partial charge in [-0.25, -0.2) is 0 Å². The van der Waals surface area contributed by atoms with Crippen molar-refractivity contribution in [3.63, 3.8) is 0 Å². The second-order valence-electron chi connectivity index (χ2n) is 6.91. The van der Waals surface area contributed by atoms with E-state index in [0.29, 0.717) is 18.8 Å². The van der Waals surface area contributed by atoms with Crippen LogP contribution in [0, 0.1) is 29.9 Å². The first-order valence-corrected chi connectivity index (χ1v) is 8.72. The van der Waals surface area contributed by atoms with Gasteiger partial charge in [-0.15, -0.1) is 0 Å². The summed E-state index contributed by atoms with van der Waals surface area (Å²) in [6, 6.07) is 12.3. The molecule has 1 atom stereocenters. The molecule has 7 nitrogen and oxygen atoms in total. The normalized spacial score (nSPS) is 16.4. The van der Waals surface area contributed by atoms with Crippen molar-refractivity contribution in [1.82, 2.24) is 4.90 Å². The number of amides is 2. The molecule has 7 heteroatoms. The van der Waals surface area contributed by atoms with E-state index in [1.165, 1.54) is 12.1 Å². The molecular weight excluding hydrogens is 346 g/mol. The highest BCUT2D eigenvalue weighted by Gasteiger charge is 2.34. The predicted molar refractivity (Wildman–Crippen MR) is 101 cm³/mol. The lowest BCUT2D eigenvalue weighted by Crippen LogP contribution is -2.28. The molecular formula is C20H21N3O4. The number of carbonyl (C=O) groups is 2. The molecule has 1 N–H and O–H groups in total. The lowest BCUT2D eigenvalue weighted by molar-refractivity contribution is -0.384. The Morgan fingerprint density at radius 1 is 1.22 bits per heavy atom. The number of nitro groups is 1. The van der Waals surface area contributed by atoms with E-state index in [4.69, 9.17) is 0 Å². The molecule has 2 aromatic rings. The zero-order chi connectivity index (χ0) is 19.6. The molecule has 1 aliphatic rings. The molecule has 140 valence electrons. The highest BCUT2D eigenvalue weighted by Crippen LogP contribution is 2.25.